The van der Waals surface area contributed by atoms with E-state index < -0.39 is 5.76 Å². The number of benzene rings is 1. The lowest BCUT2D eigenvalue weighted by atomic mass is 10.3. The fraction of sp³-hybridized carbons (Fsp3) is 0.478. The van der Waals surface area contributed by atoms with Crippen molar-refractivity contribution in [3.63, 3.8) is 0 Å². The molecule has 34 heavy (non-hydrogen) atoms. The SMILES string of the molecule is O=C(Cn1c(=O)oc2ccccc21)N1CCN(c2ccc(N3CCN(CCO)CC3)nn2)CC1. The van der Waals surface area contributed by atoms with Gasteiger partial charge in [-0.3, -0.25) is 14.3 Å². The minimum absolute atomic E-state index is 0.0318. The van der Waals surface area contributed by atoms with E-state index >= 15 is 0 Å². The number of nitrogens with zero attached hydrogens (tertiary/aromatic N) is 7. The van der Waals surface area contributed by atoms with Crippen molar-refractivity contribution in [3.8, 4) is 0 Å². The number of β-amino-alcohol motifs (C(OH)–C–C–N with tert-alkyl or cyclic N) is 1. The van der Waals surface area contributed by atoms with Crippen molar-refractivity contribution in [3.05, 3.63) is 46.9 Å². The first kappa shape index (κ1) is 22.4. The Morgan fingerprint density at radius 3 is 2.12 bits per heavy atom. The highest BCUT2D eigenvalue weighted by Gasteiger charge is 2.24. The molecule has 1 amide bonds. The summed E-state index contributed by atoms with van der Waals surface area (Å²) in [6.07, 6.45) is 0. The third-order valence-electron chi connectivity index (χ3n) is 6.57. The van der Waals surface area contributed by atoms with Crippen molar-refractivity contribution >= 4 is 28.6 Å². The number of para-hydroxylation sites is 2. The summed E-state index contributed by atoms with van der Waals surface area (Å²) in [7, 11) is 0. The van der Waals surface area contributed by atoms with Gasteiger partial charge in [0.1, 0.15) is 6.54 Å². The van der Waals surface area contributed by atoms with Gasteiger partial charge >= 0.3 is 5.76 Å². The second-order valence-electron chi connectivity index (χ2n) is 8.59. The van der Waals surface area contributed by atoms with Crippen molar-refractivity contribution < 1.29 is 14.3 Å². The Bertz CT molecular complexity index is 1180. The molecule has 5 rings (SSSR count). The zero-order valence-corrected chi connectivity index (χ0v) is 19.0. The summed E-state index contributed by atoms with van der Waals surface area (Å²) in [6, 6.07) is 11.1. The molecule has 2 aliphatic rings. The first-order valence-corrected chi connectivity index (χ1v) is 11.7. The Morgan fingerprint density at radius 1 is 0.882 bits per heavy atom. The van der Waals surface area contributed by atoms with Crippen LogP contribution in [0.1, 0.15) is 0 Å². The van der Waals surface area contributed by atoms with Crippen LogP contribution in [0.3, 0.4) is 0 Å². The van der Waals surface area contributed by atoms with Gasteiger partial charge in [0.05, 0.1) is 12.1 Å². The molecule has 4 heterocycles. The van der Waals surface area contributed by atoms with E-state index in [4.69, 9.17) is 9.52 Å². The molecule has 2 aromatic heterocycles. The largest absolute Gasteiger partial charge is 0.420 e. The quantitative estimate of drug-likeness (QED) is 0.529. The van der Waals surface area contributed by atoms with Crippen molar-refractivity contribution in [1.82, 2.24) is 24.6 Å². The molecule has 0 atom stereocenters. The summed E-state index contributed by atoms with van der Waals surface area (Å²) in [6.45, 7) is 6.82. The lowest BCUT2D eigenvalue weighted by molar-refractivity contribution is -0.132. The third-order valence-corrected chi connectivity index (χ3v) is 6.57. The molecule has 2 fully saturated rings. The Hall–Kier alpha value is -3.44. The van der Waals surface area contributed by atoms with E-state index in [1.54, 1.807) is 23.1 Å². The van der Waals surface area contributed by atoms with Crippen LogP contribution in [0.2, 0.25) is 0 Å². The molecule has 0 spiro atoms. The van der Waals surface area contributed by atoms with Crippen LogP contribution in [0.4, 0.5) is 11.6 Å². The van der Waals surface area contributed by atoms with E-state index in [-0.39, 0.29) is 19.1 Å². The number of carbonyl (C=O) groups excluding carboxylic acids is 1. The van der Waals surface area contributed by atoms with E-state index in [0.29, 0.717) is 43.8 Å². The maximum atomic E-state index is 12.8. The predicted molar refractivity (Wildman–Crippen MR) is 127 cm³/mol. The first-order valence-electron chi connectivity index (χ1n) is 11.7. The van der Waals surface area contributed by atoms with Crippen LogP contribution in [0.15, 0.2) is 45.6 Å². The molecular weight excluding hydrogens is 438 g/mol. The molecule has 2 aliphatic heterocycles. The van der Waals surface area contributed by atoms with Gasteiger partial charge in [0, 0.05) is 58.9 Å². The summed E-state index contributed by atoms with van der Waals surface area (Å²) in [5.74, 6) is 1.04. The van der Waals surface area contributed by atoms with Crippen LogP contribution in [-0.4, -0.2) is 101 Å². The lowest BCUT2D eigenvalue weighted by Crippen LogP contribution is -2.50. The number of aliphatic hydroxyl groups is 1. The molecule has 0 saturated carbocycles. The maximum absolute atomic E-state index is 12.8. The summed E-state index contributed by atoms with van der Waals surface area (Å²) in [5, 5.41) is 17.9. The molecule has 2 saturated heterocycles. The Morgan fingerprint density at radius 2 is 1.50 bits per heavy atom. The minimum atomic E-state index is -0.515. The molecular formula is C23H29N7O4. The van der Waals surface area contributed by atoms with Gasteiger partial charge in [-0.2, -0.15) is 0 Å². The summed E-state index contributed by atoms with van der Waals surface area (Å²) < 4.78 is 6.62. The van der Waals surface area contributed by atoms with Crippen LogP contribution in [0.5, 0.6) is 0 Å². The normalized spacial score (nSPS) is 17.5. The average molecular weight is 468 g/mol. The van der Waals surface area contributed by atoms with Gasteiger partial charge in [-0.1, -0.05) is 12.1 Å². The summed E-state index contributed by atoms with van der Waals surface area (Å²) in [4.78, 5) is 33.4. The van der Waals surface area contributed by atoms with Crippen molar-refractivity contribution in [2.24, 2.45) is 0 Å². The average Bonchev–Trinajstić information content (AvgIpc) is 3.20. The van der Waals surface area contributed by atoms with Gasteiger partial charge in [-0.05, 0) is 24.3 Å². The number of amides is 1. The number of rotatable bonds is 6. The van der Waals surface area contributed by atoms with Gasteiger partial charge < -0.3 is 24.2 Å². The highest BCUT2D eigenvalue weighted by molar-refractivity contribution is 5.79. The molecule has 0 aliphatic carbocycles. The Labute approximate surface area is 196 Å². The number of fused-ring (bicyclic) bond motifs is 1. The summed E-state index contributed by atoms with van der Waals surface area (Å²) in [5.41, 5.74) is 1.11. The number of aromatic nitrogens is 3. The molecule has 0 unspecified atom stereocenters. The lowest BCUT2D eigenvalue weighted by Gasteiger charge is -2.36. The van der Waals surface area contributed by atoms with Gasteiger partial charge in [0.25, 0.3) is 0 Å². The number of anilines is 2. The number of hydrogen-bond acceptors (Lipinski definition) is 9. The molecule has 1 aromatic carbocycles. The van der Waals surface area contributed by atoms with Gasteiger partial charge in [-0.15, -0.1) is 10.2 Å². The monoisotopic (exact) mass is 467 g/mol. The first-order chi connectivity index (χ1) is 16.6. The highest BCUT2D eigenvalue weighted by Crippen LogP contribution is 2.18. The van der Waals surface area contributed by atoms with Crippen LogP contribution in [0, 0.1) is 0 Å². The number of piperazine rings is 2. The van der Waals surface area contributed by atoms with Crippen molar-refractivity contribution in [1.29, 1.82) is 0 Å². The fourth-order valence-corrected chi connectivity index (χ4v) is 4.58. The molecule has 3 aromatic rings. The molecule has 11 nitrogen and oxygen atoms in total. The van der Waals surface area contributed by atoms with Crippen LogP contribution < -0.4 is 15.6 Å². The highest BCUT2D eigenvalue weighted by atomic mass is 16.4. The zero-order valence-electron chi connectivity index (χ0n) is 19.0. The van der Waals surface area contributed by atoms with E-state index in [1.165, 1.54) is 4.57 Å². The van der Waals surface area contributed by atoms with Crippen LogP contribution >= 0.6 is 0 Å². The van der Waals surface area contributed by atoms with Gasteiger partial charge in [0.2, 0.25) is 5.91 Å². The minimum Gasteiger partial charge on any atom is -0.408 e. The standard InChI is InChI=1S/C23H29N7O4/c31-16-15-26-7-9-27(10-8-26)20-5-6-21(25-24-20)28-11-13-29(14-12-28)22(32)17-30-18-3-1-2-4-19(18)34-23(30)33/h1-6,31H,7-17H2. The number of carbonyl (C=O) groups is 1. The molecule has 11 heteroatoms. The van der Waals surface area contributed by atoms with E-state index in [1.807, 2.05) is 18.2 Å². The summed E-state index contributed by atoms with van der Waals surface area (Å²) >= 11 is 0. The third kappa shape index (κ3) is 4.62. The number of aliphatic hydroxyl groups excluding tert-OH is 1. The fourth-order valence-electron chi connectivity index (χ4n) is 4.58. The molecule has 180 valence electrons. The van der Waals surface area contributed by atoms with Crippen molar-refractivity contribution in [2.45, 2.75) is 6.54 Å². The predicted octanol–water partition coefficient (Wildman–Crippen LogP) is -0.152. The topological polar surface area (TPSA) is 111 Å². The number of oxazole rings is 1. The van der Waals surface area contributed by atoms with Crippen LogP contribution in [-0.2, 0) is 11.3 Å². The second kappa shape index (κ2) is 9.82. The van der Waals surface area contributed by atoms with Gasteiger partial charge in [0.15, 0.2) is 17.2 Å². The maximum Gasteiger partial charge on any atom is 0.420 e. The molecule has 0 bridgehead atoms. The van der Waals surface area contributed by atoms with E-state index in [0.717, 1.165) is 37.8 Å². The van der Waals surface area contributed by atoms with E-state index in [9.17, 15) is 9.59 Å². The van der Waals surface area contributed by atoms with Crippen molar-refractivity contribution in [2.75, 3.05) is 75.3 Å². The van der Waals surface area contributed by atoms with Crippen LogP contribution in [0.25, 0.3) is 11.1 Å². The molecule has 1 N–H and O–H groups in total. The second-order valence-corrected chi connectivity index (χ2v) is 8.59. The Kier molecular flexibility index (Phi) is 6.45. The van der Waals surface area contributed by atoms with E-state index in [2.05, 4.69) is 24.9 Å². The smallest absolute Gasteiger partial charge is 0.408 e. The van der Waals surface area contributed by atoms with Gasteiger partial charge in [-0.25, -0.2) is 4.79 Å². The molecule has 0 radical (unpaired) electrons. The zero-order chi connectivity index (χ0) is 23.5. The Balaban J connectivity index is 1.15. The number of hydrogen-bond donors (Lipinski definition) is 1.